The third kappa shape index (κ3) is 3.82. The van der Waals surface area contributed by atoms with Gasteiger partial charge in [-0.2, -0.15) is 0 Å². The molecule has 1 saturated heterocycles. The van der Waals surface area contributed by atoms with Crippen molar-refractivity contribution in [3.8, 4) is 11.5 Å². The number of carbonyl (C=O) groups is 1. The minimum atomic E-state index is -0.119. The summed E-state index contributed by atoms with van der Waals surface area (Å²) in [6.07, 6.45) is 5.33. The summed E-state index contributed by atoms with van der Waals surface area (Å²) in [6, 6.07) is 6.00. The number of pyridine rings is 2. The van der Waals surface area contributed by atoms with Crippen LogP contribution in [0.1, 0.15) is 18.7 Å². The van der Waals surface area contributed by atoms with Gasteiger partial charge >= 0.3 is 6.03 Å². The summed E-state index contributed by atoms with van der Waals surface area (Å²) in [5.41, 5.74) is 1.44. The van der Waals surface area contributed by atoms with Crippen LogP contribution in [0.5, 0.6) is 0 Å². The zero-order valence-electron chi connectivity index (χ0n) is 16.3. The fourth-order valence-electron chi connectivity index (χ4n) is 3.48. The third-order valence-electron chi connectivity index (χ3n) is 5.16. The molecule has 1 fully saturated rings. The predicted molar refractivity (Wildman–Crippen MR) is 107 cm³/mol. The van der Waals surface area contributed by atoms with E-state index in [1.165, 1.54) is 0 Å². The van der Waals surface area contributed by atoms with Gasteiger partial charge in [0.25, 0.3) is 0 Å². The molecule has 3 aromatic heterocycles. The van der Waals surface area contributed by atoms with E-state index in [1.54, 1.807) is 25.4 Å². The average Bonchev–Trinajstić information content (AvgIpc) is 3.14. The number of nitrogens with one attached hydrogen (secondary N) is 1. The van der Waals surface area contributed by atoms with E-state index in [4.69, 9.17) is 4.42 Å². The summed E-state index contributed by atoms with van der Waals surface area (Å²) >= 11 is 0. The van der Waals surface area contributed by atoms with Crippen molar-refractivity contribution in [3.05, 3.63) is 36.5 Å². The molecule has 0 spiro atoms. The molecule has 1 aliphatic heterocycles. The highest BCUT2D eigenvalue weighted by molar-refractivity contribution is 5.91. The van der Waals surface area contributed by atoms with Gasteiger partial charge in [0.1, 0.15) is 11.5 Å². The first kappa shape index (κ1) is 18.4. The number of amides is 2. The maximum Gasteiger partial charge on any atom is 0.323 e. The predicted octanol–water partition coefficient (Wildman–Crippen LogP) is 3.15. The second-order valence-corrected chi connectivity index (χ2v) is 7.31. The van der Waals surface area contributed by atoms with Gasteiger partial charge in [-0.3, -0.25) is 5.32 Å². The average molecular weight is 380 g/mol. The fourth-order valence-corrected chi connectivity index (χ4v) is 3.48. The minimum Gasteiger partial charge on any atom is -0.439 e. The van der Waals surface area contributed by atoms with Crippen LogP contribution >= 0.6 is 0 Å². The molecule has 0 unspecified atom stereocenters. The molecule has 0 saturated carbocycles. The zero-order valence-corrected chi connectivity index (χ0v) is 16.3. The van der Waals surface area contributed by atoms with Gasteiger partial charge < -0.3 is 14.2 Å². The lowest BCUT2D eigenvalue weighted by Gasteiger charge is -2.35. The number of oxazole rings is 1. The standard InChI is InChI=1S/C20H24N6O2/c1-13-21-12-18(28-13)16-5-4-14-11-22-19(10-17(14)23-16)24-20(27)26-8-6-15(7-9-26)25(2)3/h4-5,10-12,15H,6-9H2,1-3H3,(H,22,24,27). The Kier molecular flexibility index (Phi) is 4.95. The number of rotatable bonds is 3. The SMILES string of the molecule is Cc1ncc(-c2ccc3cnc(NC(=O)N4CCC(N(C)C)CC4)cc3n2)o1. The van der Waals surface area contributed by atoms with Gasteiger partial charge in [-0.1, -0.05) is 0 Å². The highest BCUT2D eigenvalue weighted by atomic mass is 16.4. The van der Waals surface area contributed by atoms with Gasteiger partial charge in [0.2, 0.25) is 0 Å². The Hall–Kier alpha value is -3.00. The topological polar surface area (TPSA) is 87.4 Å². The highest BCUT2D eigenvalue weighted by Gasteiger charge is 2.24. The first-order chi connectivity index (χ1) is 13.5. The largest absolute Gasteiger partial charge is 0.439 e. The number of aryl methyl sites for hydroxylation is 1. The Morgan fingerprint density at radius 2 is 2.00 bits per heavy atom. The molecule has 4 rings (SSSR count). The van der Waals surface area contributed by atoms with E-state index >= 15 is 0 Å². The van der Waals surface area contributed by atoms with Gasteiger partial charge in [0.15, 0.2) is 11.7 Å². The first-order valence-electron chi connectivity index (χ1n) is 9.41. The van der Waals surface area contributed by atoms with E-state index in [9.17, 15) is 4.79 Å². The Morgan fingerprint density at radius 3 is 2.68 bits per heavy atom. The summed E-state index contributed by atoms with van der Waals surface area (Å²) in [5.74, 6) is 1.70. The van der Waals surface area contributed by atoms with Crippen LogP contribution in [0.4, 0.5) is 10.6 Å². The number of nitrogens with zero attached hydrogens (tertiary/aromatic N) is 5. The van der Waals surface area contributed by atoms with Crippen LogP contribution in [0.3, 0.4) is 0 Å². The lowest BCUT2D eigenvalue weighted by molar-refractivity contribution is 0.156. The molecule has 28 heavy (non-hydrogen) atoms. The van der Waals surface area contributed by atoms with E-state index in [1.807, 2.05) is 17.0 Å². The van der Waals surface area contributed by atoms with Crippen molar-refractivity contribution < 1.29 is 9.21 Å². The van der Waals surface area contributed by atoms with Gasteiger partial charge in [0, 0.05) is 43.7 Å². The molecule has 8 heteroatoms. The summed E-state index contributed by atoms with van der Waals surface area (Å²) in [4.78, 5) is 29.7. The Morgan fingerprint density at radius 1 is 1.21 bits per heavy atom. The molecular weight excluding hydrogens is 356 g/mol. The van der Waals surface area contributed by atoms with Crippen LogP contribution in [-0.2, 0) is 0 Å². The molecule has 8 nitrogen and oxygen atoms in total. The van der Waals surface area contributed by atoms with E-state index in [0.717, 1.165) is 36.8 Å². The van der Waals surface area contributed by atoms with E-state index in [2.05, 4.69) is 39.3 Å². The number of anilines is 1. The second kappa shape index (κ2) is 7.55. The lowest BCUT2D eigenvalue weighted by atomic mass is 10.0. The molecule has 3 aromatic rings. The van der Waals surface area contributed by atoms with Crippen molar-refractivity contribution in [2.24, 2.45) is 0 Å². The Balaban J connectivity index is 1.49. The maximum absolute atomic E-state index is 12.6. The number of hydrogen-bond donors (Lipinski definition) is 1. The van der Waals surface area contributed by atoms with Crippen LogP contribution in [0.2, 0.25) is 0 Å². The van der Waals surface area contributed by atoms with E-state index in [0.29, 0.717) is 29.2 Å². The van der Waals surface area contributed by atoms with Gasteiger partial charge in [0.05, 0.1) is 11.7 Å². The maximum atomic E-state index is 12.6. The molecule has 0 aromatic carbocycles. The monoisotopic (exact) mass is 380 g/mol. The van der Waals surface area contributed by atoms with Crippen LogP contribution in [0, 0.1) is 6.92 Å². The molecule has 4 heterocycles. The van der Waals surface area contributed by atoms with Crippen molar-refractivity contribution in [1.29, 1.82) is 0 Å². The molecule has 146 valence electrons. The summed E-state index contributed by atoms with van der Waals surface area (Å²) in [7, 11) is 4.17. The van der Waals surface area contributed by atoms with Crippen LogP contribution < -0.4 is 5.32 Å². The number of likely N-dealkylation sites (tertiary alicyclic amines) is 1. The molecule has 0 bridgehead atoms. The second-order valence-electron chi connectivity index (χ2n) is 7.31. The number of hydrogen-bond acceptors (Lipinski definition) is 6. The van der Waals surface area contributed by atoms with Crippen molar-refractivity contribution in [1.82, 2.24) is 24.8 Å². The van der Waals surface area contributed by atoms with Gasteiger partial charge in [-0.05, 0) is 39.1 Å². The smallest absolute Gasteiger partial charge is 0.323 e. The number of fused-ring (bicyclic) bond motifs is 1. The zero-order chi connectivity index (χ0) is 19.7. The molecule has 2 amide bonds. The number of aromatic nitrogens is 3. The number of piperidine rings is 1. The molecule has 1 aliphatic rings. The van der Waals surface area contributed by atoms with Crippen molar-refractivity contribution >= 4 is 22.8 Å². The molecule has 0 radical (unpaired) electrons. The normalized spacial score (nSPS) is 15.4. The fraction of sp³-hybridized carbons (Fsp3) is 0.400. The molecule has 0 aliphatic carbocycles. The Bertz CT molecular complexity index is 991. The van der Waals surface area contributed by atoms with E-state index in [-0.39, 0.29) is 6.03 Å². The first-order valence-corrected chi connectivity index (χ1v) is 9.41. The summed E-state index contributed by atoms with van der Waals surface area (Å²) in [5, 5.41) is 3.79. The molecule has 1 N–H and O–H groups in total. The van der Waals surface area contributed by atoms with Gasteiger partial charge in [-0.15, -0.1) is 0 Å². The lowest BCUT2D eigenvalue weighted by Crippen LogP contribution is -2.46. The number of urea groups is 1. The summed E-state index contributed by atoms with van der Waals surface area (Å²) < 4.78 is 5.55. The number of carbonyl (C=O) groups excluding carboxylic acids is 1. The van der Waals surface area contributed by atoms with Crippen molar-refractivity contribution in [3.63, 3.8) is 0 Å². The van der Waals surface area contributed by atoms with Crippen LogP contribution in [0.15, 0.2) is 35.0 Å². The quantitative estimate of drug-likeness (QED) is 0.751. The van der Waals surface area contributed by atoms with Gasteiger partial charge in [-0.25, -0.2) is 19.7 Å². The van der Waals surface area contributed by atoms with E-state index < -0.39 is 0 Å². The van der Waals surface area contributed by atoms with Crippen molar-refractivity contribution in [2.75, 3.05) is 32.5 Å². The molecule has 0 atom stereocenters. The highest BCUT2D eigenvalue weighted by Crippen LogP contribution is 2.23. The molecular formula is C20H24N6O2. The summed E-state index contributed by atoms with van der Waals surface area (Å²) in [6.45, 7) is 3.29. The van der Waals surface area contributed by atoms with Crippen LogP contribution in [-0.4, -0.2) is 64.0 Å². The minimum absolute atomic E-state index is 0.119. The van der Waals surface area contributed by atoms with Crippen molar-refractivity contribution in [2.45, 2.75) is 25.8 Å². The van der Waals surface area contributed by atoms with Crippen LogP contribution in [0.25, 0.3) is 22.4 Å². The Labute approximate surface area is 163 Å². The third-order valence-corrected chi connectivity index (χ3v) is 5.16.